The van der Waals surface area contributed by atoms with E-state index in [4.69, 9.17) is 28.2 Å². The van der Waals surface area contributed by atoms with Crippen LogP contribution in [0.4, 0.5) is 0 Å². The molecule has 0 bridgehead atoms. The number of fused-ring (bicyclic) bond motifs is 1. The van der Waals surface area contributed by atoms with Gasteiger partial charge in [-0.2, -0.15) is 0 Å². The van der Waals surface area contributed by atoms with Gasteiger partial charge in [0, 0.05) is 28.6 Å². The molecule has 1 fully saturated rings. The Balaban J connectivity index is 1.94. The predicted molar refractivity (Wildman–Crippen MR) is 116 cm³/mol. The molecular weight excluding hydrogens is 391 g/mol. The van der Waals surface area contributed by atoms with Crippen LogP contribution < -0.4 is 0 Å². The first-order valence-corrected chi connectivity index (χ1v) is 10.4. The Labute approximate surface area is 175 Å². The van der Waals surface area contributed by atoms with Crippen LogP contribution in [0.3, 0.4) is 0 Å². The minimum absolute atomic E-state index is 0.0784. The molecule has 144 valence electrons. The summed E-state index contributed by atoms with van der Waals surface area (Å²) in [5.41, 5.74) is 3.89. The van der Waals surface area contributed by atoms with E-state index in [0.717, 1.165) is 52.7 Å². The molecule has 1 saturated heterocycles. The molecule has 28 heavy (non-hydrogen) atoms. The molecule has 1 aliphatic rings. The highest BCUT2D eigenvalue weighted by Gasteiger charge is 2.28. The quantitative estimate of drug-likeness (QED) is 0.479. The molecule has 1 unspecified atom stereocenters. The van der Waals surface area contributed by atoms with Crippen LogP contribution in [0.2, 0.25) is 10.0 Å². The molecule has 0 radical (unpaired) electrons. The van der Waals surface area contributed by atoms with E-state index < -0.39 is 0 Å². The van der Waals surface area contributed by atoms with Gasteiger partial charge in [-0.15, -0.1) is 0 Å². The molecule has 4 rings (SSSR count). The summed E-state index contributed by atoms with van der Waals surface area (Å²) in [5.74, 6) is 0.0784. The number of benzene rings is 2. The molecule has 0 saturated carbocycles. The number of halogens is 2. The zero-order valence-electron chi connectivity index (χ0n) is 16.0. The van der Waals surface area contributed by atoms with Crippen LogP contribution in [0.5, 0.6) is 0 Å². The zero-order valence-corrected chi connectivity index (χ0v) is 17.5. The van der Waals surface area contributed by atoms with Crippen molar-refractivity contribution in [1.82, 2.24) is 9.88 Å². The third-order valence-electron chi connectivity index (χ3n) is 5.60. The topological polar surface area (TPSA) is 33.2 Å². The van der Waals surface area contributed by atoms with Gasteiger partial charge in [-0.05, 0) is 62.9 Å². The summed E-state index contributed by atoms with van der Waals surface area (Å²) in [4.78, 5) is 20.5. The smallest absolute Gasteiger partial charge is 0.255 e. The van der Waals surface area contributed by atoms with Crippen molar-refractivity contribution in [2.24, 2.45) is 0 Å². The van der Waals surface area contributed by atoms with E-state index in [1.165, 1.54) is 6.42 Å². The third kappa shape index (κ3) is 3.38. The SMILES string of the molecule is Cc1c(-c2ccc(Cl)cc2Cl)nc2ccccc2c1C(=O)N1CCCCC1C. The van der Waals surface area contributed by atoms with E-state index in [-0.39, 0.29) is 11.9 Å². The summed E-state index contributed by atoms with van der Waals surface area (Å²) in [6, 6.07) is 13.4. The summed E-state index contributed by atoms with van der Waals surface area (Å²) in [6.07, 6.45) is 3.27. The van der Waals surface area contributed by atoms with Gasteiger partial charge in [-0.3, -0.25) is 4.79 Å². The second-order valence-corrected chi connectivity index (χ2v) is 8.29. The zero-order chi connectivity index (χ0) is 19.8. The lowest BCUT2D eigenvalue weighted by molar-refractivity contribution is 0.0637. The number of amides is 1. The van der Waals surface area contributed by atoms with Gasteiger partial charge < -0.3 is 4.90 Å². The largest absolute Gasteiger partial charge is 0.336 e. The van der Waals surface area contributed by atoms with Gasteiger partial charge in [0.05, 0.1) is 21.8 Å². The van der Waals surface area contributed by atoms with Crippen LogP contribution >= 0.6 is 23.2 Å². The molecule has 1 aromatic heterocycles. The minimum atomic E-state index is 0.0784. The molecule has 5 heteroatoms. The molecule has 0 spiro atoms. The number of aromatic nitrogens is 1. The predicted octanol–water partition coefficient (Wildman–Crippen LogP) is 6.53. The van der Waals surface area contributed by atoms with Gasteiger partial charge in [-0.25, -0.2) is 4.98 Å². The van der Waals surface area contributed by atoms with Gasteiger partial charge in [0.2, 0.25) is 0 Å². The van der Waals surface area contributed by atoms with E-state index in [0.29, 0.717) is 10.0 Å². The van der Waals surface area contributed by atoms with Crippen molar-refractivity contribution in [2.75, 3.05) is 6.54 Å². The molecule has 1 amide bonds. The Bertz CT molecular complexity index is 1060. The maximum atomic E-state index is 13.6. The third-order valence-corrected chi connectivity index (χ3v) is 6.15. The molecule has 1 aliphatic heterocycles. The first-order valence-electron chi connectivity index (χ1n) is 9.63. The second kappa shape index (κ2) is 7.73. The Kier molecular flexibility index (Phi) is 5.31. The summed E-state index contributed by atoms with van der Waals surface area (Å²) < 4.78 is 0. The molecule has 0 aliphatic carbocycles. The van der Waals surface area contributed by atoms with Crippen LogP contribution in [0.1, 0.15) is 42.1 Å². The maximum absolute atomic E-state index is 13.6. The average molecular weight is 413 g/mol. The molecular formula is C23H22Cl2N2O. The molecule has 2 heterocycles. The Morgan fingerprint density at radius 3 is 2.68 bits per heavy atom. The summed E-state index contributed by atoms with van der Waals surface area (Å²) >= 11 is 12.5. The summed E-state index contributed by atoms with van der Waals surface area (Å²) in [6.45, 7) is 4.89. The van der Waals surface area contributed by atoms with Crippen LogP contribution in [-0.2, 0) is 0 Å². The number of rotatable bonds is 2. The number of hydrogen-bond donors (Lipinski definition) is 0. The number of pyridine rings is 1. The van der Waals surface area contributed by atoms with Gasteiger partial charge in [0.1, 0.15) is 0 Å². The lowest BCUT2D eigenvalue weighted by Gasteiger charge is -2.34. The lowest BCUT2D eigenvalue weighted by atomic mass is 9.95. The fourth-order valence-corrected chi connectivity index (χ4v) is 4.57. The van der Waals surface area contributed by atoms with E-state index in [9.17, 15) is 4.79 Å². The normalized spacial score (nSPS) is 17.1. The van der Waals surface area contributed by atoms with E-state index in [1.807, 2.05) is 42.2 Å². The van der Waals surface area contributed by atoms with Crippen LogP contribution in [0, 0.1) is 6.92 Å². The molecule has 0 N–H and O–H groups in total. The number of hydrogen-bond acceptors (Lipinski definition) is 2. The van der Waals surface area contributed by atoms with Crippen molar-refractivity contribution >= 4 is 40.0 Å². The molecule has 3 nitrogen and oxygen atoms in total. The first-order chi connectivity index (χ1) is 13.5. The highest BCUT2D eigenvalue weighted by molar-refractivity contribution is 6.36. The van der Waals surface area contributed by atoms with Crippen molar-refractivity contribution in [1.29, 1.82) is 0 Å². The Morgan fingerprint density at radius 2 is 1.93 bits per heavy atom. The second-order valence-electron chi connectivity index (χ2n) is 7.45. The lowest BCUT2D eigenvalue weighted by Crippen LogP contribution is -2.42. The van der Waals surface area contributed by atoms with Crippen LogP contribution in [0.15, 0.2) is 42.5 Å². The number of nitrogens with zero attached hydrogens (tertiary/aromatic N) is 2. The minimum Gasteiger partial charge on any atom is -0.336 e. The highest BCUT2D eigenvalue weighted by atomic mass is 35.5. The van der Waals surface area contributed by atoms with E-state index >= 15 is 0 Å². The van der Waals surface area contributed by atoms with E-state index in [1.54, 1.807) is 12.1 Å². The molecule has 1 atom stereocenters. The number of likely N-dealkylation sites (tertiary alicyclic amines) is 1. The number of para-hydroxylation sites is 1. The van der Waals surface area contributed by atoms with Crippen LogP contribution in [0.25, 0.3) is 22.2 Å². The van der Waals surface area contributed by atoms with Gasteiger partial charge in [0.25, 0.3) is 5.91 Å². The highest BCUT2D eigenvalue weighted by Crippen LogP contribution is 2.36. The summed E-state index contributed by atoms with van der Waals surface area (Å²) in [5, 5.41) is 1.99. The summed E-state index contributed by atoms with van der Waals surface area (Å²) in [7, 11) is 0. The first kappa shape index (κ1) is 19.2. The Hall–Kier alpha value is -2.10. The van der Waals surface area contributed by atoms with E-state index in [2.05, 4.69) is 6.92 Å². The fourth-order valence-electron chi connectivity index (χ4n) is 4.07. The van der Waals surface area contributed by atoms with Crippen molar-refractivity contribution in [3.8, 4) is 11.3 Å². The van der Waals surface area contributed by atoms with Crippen LogP contribution in [-0.4, -0.2) is 28.4 Å². The molecule has 2 aromatic carbocycles. The fraction of sp³-hybridized carbons (Fsp3) is 0.304. The van der Waals surface area contributed by atoms with Crippen molar-refractivity contribution in [3.63, 3.8) is 0 Å². The Morgan fingerprint density at radius 1 is 1.14 bits per heavy atom. The van der Waals surface area contributed by atoms with Gasteiger partial charge >= 0.3 is 0 Å². The number of carbonyl (C=O) groups is 1. The van der Waals surface area contributed by atoms with Crippen molar-refractivity contribution < 1.29 is 4.79 Å². The van der Waals surface area contributed by atoms with Crippen molar-refractivity contribution in [2.45, 2.75) is 39.2 Å². The van der Waals surface area contributed by atoms with Gasteiger partial charge in [-0.1, -0.05) is 41.4 Å². The maximum Gasteiger partial charge on any atom is 0.255 e. The average Bonchev–Trinajstić information content (AvgIpc) is 2.68. The van der Waals surface area contributed by atoms with Gasteiger partial charge in [0.15, 0.2) is 0 Å². The van der Waals surface area contributed by atoms with Crippen molar-refractivity contribution in [3.05, 3.63) is 63.6 Å². The monoisotopic (exact) mass is 412 g/mol. The standard InChI is InChI=1S/C23H22Cl2N2O/c1-14-7-5-6-12-27(14)23(28)21-15(2)22(17-11-10-16(24)13-19(17)25)26-20-9-4-3-8-18(20)21/h3-4,8-11,13-14H,5-7,12H2,1-2H3. The number of piperidine rings is 1. The molecule has 3 aromatic rings. The number of carbonyl (C=O) groups excluding carboxylic acids is 1.